The second-order valence-electron chi connectivity index (χ2n) is 6.71. The van der Waals surface area contributed by atoms with Gasteiger partial charge in [0.25, 0.3) is 0 Å². The first-order valence-corrected chi connectivity index (χ1v) is 10.4. The number of aromatic nitrogens is 3. The lowest BCUT2D eigenvalue weighted by Gasteiger charge is -2.17. The highest BCUT2D eigenvalue weighted by molar-refractivity contribution is 7.89. The highest BCUT2D eigenvalue weighted by Gasteiger charge is 2.15. The van der Waals surface area contributed by atoms with Crippen molar-refractivity contribution in [1.82, 2.24) is 15.0 Å². The lowest BCUT2D eigenvalue weighted by Crippen LogP contribution is -2.14. The van der Waals surface area contributed by atoms with Crippen molar-refractivity contribution in [3.63, 3.8) is 0 Å². The summed E-state index contributed by atoms with van der Waals surface area (Å²) in [4.78, 5) is 13.4. The molecule has 29 heavy (non-hydrogen) atoms. The molecule has 3 N–H and O–H groups in total. The highest BCUT2D eigenvalue weighted by Crippen LogP contribution is 2.26. The van der Waals surface area contributed by atoms with E-state index >= 15 is 0 Å². The molecule has 0 amide bonds. The first kappa shape index (κ1) is 20.5. The minimum Gasteiger partial charge on any atom is -0.473 e. The average molecular weight is 411 g/mol. The first-order chi connectivity index (χ1) is 13.7. The number of nitrogens with two attached hydrogens (primary N) is 1. The second-order valence-corrected chi connectivity index (χ2v) is 8.27. The summed E-state index contributed by atoms with van der Waals surface area (Å²) in [5.74, 6) is 3.18. The van der Waals surface area contributed by atoms with E-state index in [1.165, 1.54) is 12.1 Å². The predicted molar refractivity (Wildman–Crippen MR) is 111 cm³/mol. The number of pyridine rings is 1. The SMILES string of the molecule is C#Cc1ccc2nc(NC(C)c3ccc(S(N)(=O)=O)cc3)nc(OC(C)C)c2n1. The number of benzene rings is 1. The summed E-state index contributed by atoms with van der Waals surface area (Å²) in [7, 11) is -3.73. The Morgan fingerprint density at radius 2 is 1.76 bits per heavy atom. The zero-order valence-electron chi connectivity index (χ0n) is 16.2. The van der Waals surface area contributed by atoms with Crippen LogP contribution in [0.3, 0.4) is 0 Å². The van der Waals surface area contributed by atoms with Crippen molar-refractivity contribution < 1.29 is 13.2 Å². The summed E-state index contributed by atoms with van der Waals surface area (Å²) in [5.41, 5.74) is 2.39. The quantitative estimate of drug-likeness (QED) is 0.598. The van der Waals surface area contributed by atoms with Gasteiger partial charge >= 0.3 is 0 Å². The van der Waals surface area contributed by atoms with Crippen LogP contribution in [0.25, 0.3) is 11.0 Å². The van der Waals surface area contributed by atoms with E-state index in [1.54, 1.807) is 24.3 Å². The monoisotopic (exact) mass is 411 g/mol. The van der Waals surface area contributed by atoms with Gasteiger partial charge in [-0.3, -0.25) is 0 Å². The number of hydrogen-bond acceptors (Lipinski definition) is 7. The Kier molecular flexibility index (Phi) is 5.68. The van der Waals surface area contributed by atoms with Crippen LogP contribution in [0.15, 0.2) is 41.3 Å². The maximum Gasteiger partial charge on any atom is 0.245 e. The van der Waals surface area contributed by atoms with Gasteiger partial charge in [-0.25, -0.2) is 23.5 Å². The molecule has 3 rings (SSSR count). The van der Waals surface area contributed by atoms with Crippen LogP contribution in [0.2, 0.25) is 0 Å². The summed E-state index contributed by atoms with van der Waals surface area (Å²) >= 11 is 0. The van der Waals surface area contributed by atoms with E-state index in [9.17, 15) is 8.42 Å². The number of anilines is 1. The predicted octanol–water partition coefficient (Wildman–Crippen LogP) is 2.61. The molecule has 150 valence electrons. The van der Waals surface area contributed by atoms with Crippen molar-refractivity contribution in [3.8, 4) is 18.2 Å². The third-order valence-electron chi connectivity index (χ3n) is 4.06. The summed E-state index contributed by atoms with van der Waals surface area (Å²) in [6, 6.07) is 9.56. The molecule has 0 radical (unpaired) electrons. The number of sulfonamides is 1. The molecule has 2 aromatic heterocycles. The van der Waals surface area contributed by atoms with Crippen LogP contribution >= 0.6 is 0 Å². The van der Waals surface area contributed by atoms with E-state index in [4.69, 9.17) is 16.3 Å². The van der Waals surface area contributed by atoms with Crippen molar-refractivity contribution in [3.05, 3.63) is 47.7 Å². The van der Waals surface area contributed by atoms with Crippen molar-refractivity contribution in [2.24, 2.45) is 5.14 Å². The largest absolute Gasteiger partial charge is 0.473 e. The molecule has 1 aromatic carbocycles. The number of ether oxygens (including phenoxy) is 1. The fourth-order valence-electron chi connectivity index (χ4n) is 2.66. The van der Waals surface area contributed by atoms with E-state index in [1.807, 2.05) is 20.8 Å². The Bertz CT molecular complexity index is 1190. The van der Waals surface area contributed by atoms with Crippen molar-refractivity contribution in [2.45, 2.75) is 37.8 Å². The van der Waals surface area contributed by atoms with E-state index in [-0.39, 0.29) is 17.0 Å². The lowest BCUT2D eigenvalue weighted by molar-refractivity contribution is 0.235. The topological polar surface area (TPSA) is 120 Å². The zero-order chi connectivity index (χ0) is 21.2. The minimum atomic E-state index is -3.73. The van der Waals surface area contributed by atoms with Gasteiger partial charge in [0.15, 0.2) is 5.52 Å². The summed E-state index contributed by atoms with van der Waals surface area (Å²) in [5, 5.41) is 8.34. The van der Waals surface area contributed by atoms with Gasteiger partial charge < -0.3 is 10.1 Å². The van der Waals surface area contributed by atoms with Crippen molar-refractivity contribution in [2.75, 3.05) is 5.32 Å². The van der Waals surface area contributed by atoms with Crippen LogP contribution in [0.4, 0.5) is 5.95 Å². The molecular weight excluding hydrogens is 390 g/mol. The van der Waals surface area contributed by atoms with Crippen molar-refractivity contribution in [1.29, 1.82) is 0 Å². The van der Waals surface area contributed by atoms with E-state index in [0.29, 0.717) is 28.6 Å². The standard InChI is InChI=1S/C20H21N5O3S/c1-5-15-8-11-17-18(23-15)19(28-12(2)3)25-20(24-17)22-13(4)14-6-9-16(10-7-14)29(21,26)27/h1,6-13H,2-4H3,(H2,21,26,27)(H,22,24,25). The Morgan fingerprint density at radius 1 is 1.07 bits per heavy atom. The maximum atomic E-state index is 11.4. The summed E-state index contributed by atoms with van der Waals surface area (Å²) in [6.45, 7) is 5.69. The second kappa shape index (κ2) is 8.03. The Morgan fingerprint density at radius 3 is 2.34 bits per heavy atom. The minimum absolute atomic E-state index is 0.0541. The van der Waals surface area contributed by atoms with E-state index in [2.05, 4.69) is 26.2 Å². The number of terminal acetylenes is 1. The molecule has 0 bridgehead atoms. The molecule has 0 saturated heterocycles. The Hall–Kier alpha value is -3.22. The van der Waals surface area contributed by atoms with Crippen molar-refractivity contribution >= 4 is 27.0 Å². The Balaban J connectivity index is 1.94. The number of nitrogens with zero attached hydrogens (tertiary/aromatic N) is 3. The van der Waals surface area contributed by atoms with Gasteiger partial charge in [-0.15, -0.1) is 6.42 Å². The smallest absolute Gasteiger partial charge is 0.245 e. The van der Waals surface area contributed by atoms with E-state index in [0.717, 1.165) is 5.56 Å². The average Bonchev–Trinajstić information content (AvgIpc) is 2.66. The molecule has 0 aliphatic heterocycles. The third-order valence-corrected chi connectivity index (χ3v) is 4.99. The normalized spacial score (nSPS) is 12.6. The van der Waals surface area contributed by atoms with Crippen LogP contribution < -0.4 is 15.2 Å². The van der Waals surface area contributed by atoms with Gasteiger partial charge in [-0.05, 0) is 50.6 Å². The summed E-state index contributed by atoms with van der Waals surface area (Å²) < 4.78 is 28.6. The number of nitrogens with one attached hydrogen (secondary N) is 1. The van der Waals surface area contributed by atoms with Gasteiger partial charge in [0.1, 0.15) is 5.69 Å². The fourth-order valence-corrected chi connectivity index (χ4v) is 3.18. The lowest BCUT2D eigenvalue weighted by atomic mass is 10.1. The zero-order valence-corrected chi connectivity index (χ0v) is 17.1. The Labute approximate surface area is 169 Å². The van der Waals surface area contributed by atoms with Crippen LogP contribution in [-0.4, -0.2) is 29.5 Å². The highest BCUT2D eigenvalue weighted by atomic mass is 32.2. The number of rotatable bonds is 6. The number of fused-ring (bicyclic) bond motifs is 1. The van der Waals surface area contributed by atoms with Gasteiger partial charge in [0.2, 0.25) is 21.9 Å². The molecular formula is C20H21N5O3S. The fraction of sp³-hybridized carbons (Fsp3) is 0.250. The van der Waals surface area contributed by atoms with E-state index < -0.39 is 10.0 Å². The number of hydrogen-bond donors (Lipinski definition) is 2. The molecule has 0 fully saturated rings. The molecule has 0 aliphatic carbocycles. The van der Waals surface area contributed by atoms with Gasteiger partial charge in [-0.1, -0.05) is 18.1 Å². The molecule has 1 unspecified atom stereocenters. The van der Waals surface area contributed by atoms with Gasteiger partial charge in [-0.2, -0.15) is 4.98 Å². The summed E-state index contributed by atoms with van der Waals surface area (Å²) in [6.07, 6.45) is 5.33. The van der Waals surface area contributed by atoms with Gasteiger partial charge in [0.05, 0.1) is 22.6 Å². The molecule has 0 saturated carbocycles. The van der Waals surface area contributed by atoms with Gasteiger partial charge in [0, 0.05) is 0 Å². The number of primary sulfonamides is 1. The van der Waals surface area contributed by atoms with Crippen LogP contribution in [0.1, 0.15) is 38.1 Å². The molecule has 2 heterocycles. The molecule has 0 spiro atoms. The molecule has 1 atom stereocenters. The molecule has 0 aliphatic rings. The molecule has 8 nitrogen and oxygen atoms in total. The van der Waals surface area contributed by atoms with Crippen LogP contribution in [-0.2, 0) is 10.0 Å². The molecule has 9 heteroatoms. The maximum absolute atomic E-state index is 11.4. The first-order valence-electron chi connectivity index (χ1n) is 8.88. The molecule has 3 aromatic rings. The van der Waals surface area contributed by atoms with Crippen LogP contribution in [0, 0.1) is 12.3 Å². The van der Waals surface area contributed by atoms with Crippen LogP contribution in [0.5, 0.6) is 5.88 Å². The third kappa shape index (κ3) is 4.80.